The van der Waals surface area contributed by atoms with Crippen molar-refractivity contribution in [3.63, 3.8) is 0 Å². The first-order valence-electron chi connectivity index (χ1n) is 5.40. The molecule has 2 nitrogen and oxygen atoms in total. The summed E-state index contributed by atoms with van der Waals surface area (Å²) in [6, 6.07) is 8.24. The van der Waals surface area contributed by atoms with E-state index in [9.17, 15) is 4.79 Å². The molecule has 0 saturated carbocycles. The molecule has 0 aliphatic heterocycles. The van der Waals surface area contributed by atoms with Crippen molar-refractivity contribution in [2.24, 2.45) is 0 Å². The molecule has 2 heteroatoms. The van der Waals surface area contributed by atoms with Gasteiger partial charge >= 0.3 is 0 Å². The van der Waals surface area contributed by atoms with E-state index in [0.29, 0.717) is 0 Å². The van der Waals surface area contributed by atoms with E-state index in [0.717, 1.165) is 12.2 Å². The molecule has 0 bridgehead atoms. The third kappa shape index (κ3) is 2.82. The molecule has 1 atom stereocenters. The maximum absolute atomic E-state index is 11.3. The van der Waals surface area contributed by atoms with Gasteiger partial charge in [-0.1, -0.05) is 17.7 Å². The van der Waals surface area contributed by atoms with Crippen molar-refractivity contribution in [3.8, 4) is 0 Å². The second-order valence-electron chi connectivity index (χ2n) is 3.91. The number of Topliss-reactive ketones (excluding diaryl/α,β-unsaturated/α-hetero) is 1. The molecular weight excluding hydrogens is 186 g/mol. The molecule has 0 N–H and O–H groups in total. The summed E-state index contributed by atoms with van der Waals surface area (Å²) >= 11 is 0. The Kier molecular flexibility index (Phi) is 3.89. The van der Waals surface area contributed by atoms with Gasteiger partial charge in [-0.15, -0.1) is 0 Å². The summed E-state index contributed by atoms with van der Waals surface area (Å²) in [4.78, 5) is 13.5. The number of likely N-dealkylation sites (N-methyl/N-ethyl adjacent to an activating group) is 1. The van der Waals surface area contributed by atoms with Gasteiger partial charge in [0.15, 0.2) is 5.78 Å². The van der Waals surface area contributed by atoms with Gasteiger partial charge in [0.1, 0.15) is 0 Å². The molecule has 0 heterocycles. The lowest BCUT2D eigenvalue weighted by Crippen LogP contribution is -2.37. The average Bonchev–Trinajstić information content (AvgIpc) is 2.21. The summed E-state index contributed by atoms with van der Waals surface area (Å²) in [5.74, 6) is 0.206. The first-order valence-corrected chi connectivity index (χ1v) is 5.40. The van der Waals surface area contributed by atoms with Crippen molar-refractivity contribution in [2.75, 3.05) is 11.4 Å². The number of carbonyl (C=O) groups excluding carboxylic acids is 1. The summed E-state index contributed by atoms with van der Waals surface area (Å²) in [7, 11) is 0. The predicted octanol–water partition coefficient (Wildman–Crippen LogP) is 2.80. The predicted molar refractivity (Wildman–Crippen MR) is 64.3 cm³/mol. The highest BCUT2D eigenvalue weighted by molar-refractivity contribution is 5.84. The molecule has 0 amide bonds. The Hall–Kier alpha value is -1.31. The van der Waals surface area contributed by atoms with Crippen molar-refractivity contribution in [3.05, 3.63) is 29.8 Å². The normalized spacial score (nSPS) is 12.3. The van der Waals surface area contributed by atoms with Gasteiger partial charge in [-0.05, 0) is 39.8 Å². The van der Waals surface area contributed by atoms with E-state index >= 15 is 0 Å². The highest BCUT2D eigenvalue weighted by Gasteiger charge is 2.16. The number of hydrogen-bond acceptors (Lipinski definition) is 2. The zero-order valence-electron chi connectivity index (χ0n) is 9.95. The quantitative estimate of drug-likeness (QED) is 0.753. The SMILES string of the molecule is CCN(c1ccc(C)cc1)C(C)C(C)=O. The van der Waals surface area contributed by atoms with E-state index in [1.54, 1.807) is 6.92 Å². The number of anilines is 1. The smallest absolute Gasteiger partial charge is 0.151 e. The van der Waals surface area contributed by atoms with Crippen LogP contribution in [0.5, 0.6) is 0 Å². The van der Waals surface area contributed by atoms with Crippen LogP contribution in [0.4, 0.5) is 5.69 Å². The Balaban J connectivity index is 2.92. The molecule has 82 valence electrons. The Morgan fingerprint density at radius 1 is 1.33 bits per heavy atom. The maximum atomic E-state index is 11.3. The van der Waals surface area contributed by atoms with Crippen molar-refractivity contribution in [1.29, 1.82) is 0 Å². The summed E-state index contributed by atoms with van der Waals surface area (Å²) in [6.45, 7) is 8.57. The molecule has 1 aromatic rings. The molecular formula is C13H19NO. The van der Waals surface area contributed by atoms with Gasteiger partial charge in [0.05, 0.1) is 6.04 Å². The fraction of sp³-hybridized carbons (Fsp3) is 0.462. The lowest BCUT2D eigenvalue weighted by Gasteiger charge is -2.28. The highest BCUT2D eigenvalue weighted by atomic mass is 16.1. The lowest BCUT2D eigenvalue weighted by molar-refractivity contribution is -0.117. The van der Waals surface area contributed by atoms with E-state index < -0.39 is 0 Å². The van der Waals surface area contributed by atoms with Gasteiger partial charge in [0.25, 0.3) is 0 Å². The topological polar surface area (TPSA) is 20.3 Å². The zero-order valence-corrected chi connectivity index (χ0v) is 9.95. The number of benzene rings is 1. The first-order chi connectivity index (χ1) is 7.06. The fourth-order valence-electron chi connectivity index (χ4n) is 1.64. The van der Waals surface area contributed by atoms with E-state index in [-0.39, 0.29) is 11.8 Å². The lowest BCUT2D eigenvalue weighted by atomic mass is 10.1. The van der Waals surface area contributed by atoms with Crippen LogP contribution in [-0.4, -0.2) is 18.4 Å². The maximum Gasteiger partial charge on any atom is 0.151 e. The first kappa shape index (κ1) is 11.8. The number of carbonyl (C=O) groups is 1. The second kappa shape index (κ2) is 4.96. The molecule has 1 unspecified atom stereocenters. The Morgan fingerprint density at radius 2 is 1.87 bits per heavy atom. The van der Waals surface area contributed by atoms with E-state index in [2.05, 4.69) is 43.0 Å². The minimum absolute atomic E-state index is 0.0438. The van der Waals surface area contributed by atoms with E-state index in [1.807, 2.05) is 6.92 Å². The summed E-state index contributed by atoms with van der Waals surface area (Å²) in [5, 5.41) is 0. The number of hydrogen-bond donors (Lipinski definition) is 0. The Morgan fingerprint density at radius 3 is 2.27 bits per heavy atom. The number of nitrogens with zero attached hydrogens (tertiary/aromatic N) is 1. The van der Waals surface area contributed by atoms with Crippen LogP contribution < -0.4 is 4.90 Å². The molecule has 1 aromatic carbocycles. The van der Waals surface area contributed by atoms with Crippen LogP contribution >= 0.6 is 0 Å². The van der Waals surface area contributed by atoms with Crippen molar-refractivity contribution < 1.29 is 4.79 Å². The van der Waals surface area contributed by atoms with Crippen molar-refractivity contribution in [1.82, 2.24) is 0 Å². The molecule has 0 spiro atoms. The third-order valence-electron chi connectivity index (χ3n) is 2.76. The minimum Gasteiger partial charge on any atom is -0.362 e. The largest absolute Gasteiger partial charge is 0.362 e. The molecule has 15 heavy (non-hydrogen) atoms. The number of aryl methyl sites for hydroxylation is 1. The fourth-order valence-corrected chi connectivity index (χ4v) is 1.64. The molecule has 1 rings (SSSR count). The van der Waals surface area contributed by atoms with Crippen LogP contribution in [0.15, 0.2) is 24.3 Å². The second-order valence-corrected chi connectivity index (χ2v) is 3.91. The summed E-state index contributed by atoms with van der Waals surface area (Å²) < 4.78 is 0. The summed E-state index contributed by atoms with van der Waals surface area (Å²) in [6.07, 6.45) is 0. The van der Waals surface area contributed by atoms with Gasteiger partial charge in [-0.3, -0.25) is 4.79 Å². The molecule has 0 radical (unpaired) electrons. The van der Waals surface area contributed by atoms with E-state index in [4.69, 9.17) is 0 Å². The van der Waals surface area contributed by atoms with Crippen LogP contribution in [0.2, 0.25) is 0 Å². The van der Waals surface area contributed by atoms with Crippen LogP contribution in [0.3, 0.4) is 0 Å². The van der Waals surface area contributed by atoms with Crippen LogP contribution in [0.25, 0.3) is 0 Å². The van der Waals surface area contributed by atoms with Gasteiger partial charge in [-0.25, -0.2) is 0 Å². The molecule has 0 aromatic heterocycles. The van der Waals surface area contributed by atoms with Crippen LogP contribution in [0.1, 0.15) is 26.3 Å². The Labute approximate surface area is 91.9 Å². The van der Waals surface area contributed by atoms with E-state index in [1.165, 1.54) is 5.56 Å². The Bertz CT molecular complexity index is 329. The third-order valence-corrected chi connectivity index (χ3v) is 2.76. The van der Waals surface area contributed by atoms with Crippen molar-refractivity contribution in [2.45, 2.75) is 33.7 Å². The molecule has 0 saturated heterocycles. The van der Waals surface area contributed by atoms with Gasteiger partial charge in [0.2, 0.25) is 0 Å². The number of ketones is 1. The highest BCUT2D eigenvalue weighted by Crippen LogP contribution is 2.17. The molecule has 0 aliphatic carbocycles. The molecule has 0 fully saturated rings. The van der Waals surface area contributed by atoms with Crippen molar-refractivity contribution >= 4 is 11.5 Å². The van der Waals surface area contributed by atoms with Gasteiger partial charge in [0, 0.05) is 12.2 Å². The average molecular weight is 205 g/mol. The van der Waals surface area contributed by atoms with Crippen LogP contribution in [0, 0.1) is 6.92 Å². The van der Waals surface area contributed by atoms with Gasteiger partial charge in [-0.2, -0.15) is 0 Å². The van der Waals surface area contributed by atoms with Crippen LogP contribution in [-0.2, 0) is 4.79 Å². The minimum atomic E-state index is -0.0438. The standard InChI is InChI=1S/C13H19NO/c1-5-14(11(3)12(4)15)13-8-6-10(2)7-9-13/h6-9,11H,5H2,1-4H3. The van der Waals surface area contributed by atoms with Gasteiger partial charge < -0.3 is 4.90 Å². The zero-order chi connectivity index (χ0) is 11.4. The molecule has 0 aliphatic rings. The summed E-state index contributed by atoms with van der Waals surface area (Å²) in [5.41, 5.74) is 2.36. The number of rotatable bonds is 4. The monoisotopic (exact) mass is 205 g/mol.